The molecule has 0 N–H and O–H groups in total. The summed E-state index contributed by atoms with van der Waals surface area (Å²) >= 11 is 0. The van der Waals surface area contributed by atoms with Gasteiger partial charge in [-0.25, -0.2) is 4.79 Å². The third-order valence-corrected chi connectivity index (χ3v) is 9.67. The number of hydrogen-bond acceptors (Lipinski definition) is 8. The molecule has 5 bridgehead atoms. The molecule has 0 aromatic rings. The van der Waals surface area contributed by atoms with Crippen LogP contribution >= 0.6 is 0 Å². The number of hydrogen-bond donors (Lipinski definition) is 0. The van der Waals surface area contributed by atoms with E-state index in [0.29, 0.717) is 29.1 Å². The fourth-order valence-corrected chi connectivity index (χ4v) is 8.36. The van der Waals surface area contributed by atoms with Crippen LogP contribution in [0.1, 0.15) is 26.7 Å². The molecule has 7 heterocycles. The Kier molecular flexibility index (Phi) is 3.89. The Bertz CT molecular complexity index is 955. The molecule has 174 valence electrons. The maximum atomic E-state index is 12.3. The minimum atomic E-state index is -0.601. The van der Waals surface area contributed by atoms with Gasteiger partial charge in [-0.05, 0) is 33.4 Å². The first kappa shape index (κ1) is 19.8. The van der Waals surface area contributed by atoms with Crippen molar-refractivity contribution < 1.29 is 23.7 Å². The number of ether oxygens (including phenoxy) is 4. The van der Waals surface area contributed by atoms with E-state index in [1.807, 2.05) is 0 Å². The van der Waals surface area contributed by atoms with Crippen LogP contribution in [0.5, 0.6) is 0 Å². The van der Waals surface area contributed by atoms with E-state index in [1.165, 1.54) is 0 Å². The molecule has 7 rings (SSSR count). The Morgan fingerprint density at radius 3 is 2.72 bits per heavy atom. The van der Waals surface area contributed by atoms with Crippen LogP contribution < -0.4 is 0 Å². The molecule has 7 aliphatic rings. The van der Waals surface area contributed by atoms with Crippen LogP contribution in [0.4, 0.5) is 0 Å². The number of carbonyl (C=O) groups excluding carboxylic acids is 1. The highest BCUT2D eigenvalue weighted by Crippen LogP contribution is 2.72. The van der Waals surface area contributed by atoms with E-state index in [2.05, 4.69) is 28.7 Å². The molecule has 8 nitrogen and oxygen atoms in total. The van der Waals surface area contributed by atoms with Crippen molar-refractivity contribution in [1.29, 1.82) is 0 Å². The lowest BCUT2D eigenvalue weighted by atomic mass is 9.70. The Balaban J connectivity index is 1.27. The number of likely N-dealkylation sites (N-methyl/N-ethyl adjacent to an activating group) is 1. The fourth-order valence-electron chi connectivity index (χ4n) is 8.36. The number of piperazine rings is 1. The van der Waals surface area contributed by atoms with Gasteiger partial charge in [0.2, 0.25) is 11.5 Å². The monoisotopic (exact) mass is 443 g/mol. The van der Waals surface area contributed by atoms with Gasteiger partial charge >= 0.3 is 5.97 Å². The summed E-state index contributed by atoms with van der Waals surface area (Å²) in [4.78, 5) is 20.1. The molecule has 1 unspecified atom stereocenters. The number of carbonyl (C=O) groups is 1. The molecule has 6 fully saturated rings. The molecule has 8 atom stereocenters. The van der Waals surface area contributed by atoms with Gasteiger partial charge in [-0.3, -0.25) is 9.80 Å². The van der Waals surface area contributed by atoms with Gasteiger partial charge in [0.1, 0.15) is 5.76 Å². The van der Waals surface area contributed by atoms with E-state index in [4.69, 9.17) is 18.9 Å². The van der Waals surface area contributed by atoms with Crippen molar-refractivity contribution in [2.45, 2.75) is 50.2 Å². The van der Waals surface area contributed by atoms with Gasteiger partial charge in [-0.15, -0.1) is 0 Å². The number of rotatable bonds is 3. The van der Waals surface area contributed by atoms with Gasteiger partial charge in [-0.2, -0.15) is 0 Å². The lowest BCUT2D eigenvalue weighted by molar-refractivity contribution is -0.256. The minimum absolute atomic E-state index is 0.0547. The van der Waals surface area contributed by atoms with Crippen LogP contribution in [-0.4, -0.2) is 97.6 Å². The summed E-state index contributed by atoms with van der Waals surface area (Å²) in [5, 5.41) is 0. The highest BCUT2D eigenvalue weighted by Gasteiger charge is 2.84. The van der Waals surface area contributed by atoms with Gasteiger partial charge < -0.3 is 23.8 Å². The lowest BCUT2D eigenvalue weighted by Crippen LogP contribution is -2.65. The Morgan fingerprint density at radius 1 is 1.19 bits per heavy atom. The van der Waals surface area contributed by atoms with Crippen molar-refractivity contribution in [3.63, 3.8) is 0 Å². The van der Waals surface area contributed by atoms with Gasteiger partial charge in [0.15, 0.2) is 5.76 Å². The smallest absolute Gasteiger partial charge is 0.343 e. The van der Waals surface area contributed by atoms with Crippen molar-refractivity contribution in [2.75, 3.05) is 53.4 Å². The molecule has 0 radical (unpaired) electrons. The van der Waals surface area contributed by atoms with Crippen LogP contribution in [0.3, 0.4) is 0 Å². The summed E-state index contributed by atoms with van der Waals surface area (Å²) in [5.74, 6) is 1.48. The highest BCUT2D eigenvalue weighted by atomic mass is 16.7. The van der Waals surface area contributed by atoms with Crippen molar-refractivity contribution in [1.82, 2.24) is 14.7 Å². The SMILES string of the molecule is COC1=C(C)C(=O)O/C1=C1\O[C@@]23O[C@H]4C[C@@H]([C@H]2[C@@H]1C)N1CC[C@H]3[C@@]41CN1CCN(C)CC1. The summed E-state index contributed by atoms with van der Waals surface area (Å²) in [6.07, 6.45) is 2.41. The number of fused-ring (bicyclic) bond motifs is 1. The zero-order chi connectivity index (χ0) is 22.0. The Labute approximate surface area is 189 Å². The van der Waals surface area contributed by atoms with E-state index in [9.17, 15) is 4.79 Å². The van der Waals surface area contributed by atoms with E-state index in [-0.39, 0.29) is 29.4 Å². The molecule has 1 spiro atoms. The Hall–Kier alpha value is -1.61. The normalized spacial score (nSPS) is 51.6. The zero-order valence-electron chi connectivity index (χ0n) is 19.4. The number of cyclic esters (lactones) is 1. The summed E-state index contributed by atoms with van der Waals surface area (Å²) in [5.41, 5.74) is 0.559. The third kappa shape index (κ3) is 2.11. The number of esters is 1. The maximum absolute atomic E-state index is 12.3. The molecule has 0 aromatic carbocycles. The average Bonchev–Trinajstić information content (AvgIpc) is 3.48. The van der Waals surface area contributed by atoms with E-state index < -0.39 is 5.79 Å². The minimum Gasteiger partial charge on any atom is -0.492 e. The van der Waals surface area contributed by atoms with Crippen LogP contribution in [0, 0.1) is 17.8 Å². The average molecular weight is 444 g/mol. The predicted molar refractivity (Wildman–Crippen MR) is 114 cm³/mol. The van der Waals surface area contributed by atoms with Crippen LogP contribution in [0.15, 0.2) is 22.9 Å². The van der Waals surface area contributed by atoms with E-state index >= 15 is 0 Å². The van der Waals surface area contributed by atoms with Crippen LogP contribution in [-0.2, 0) is 23.7 Å². The highest BCUT2D eigenvalue weighted by molar-refractivity contribution is 5.93. The van der Waals surface area contributed by atoms with Crippen molar-refractivity contribution >= 4 is 5.97 Å². The molecule has 0 amide bonds. The van der Waals surface area contributed by atoms with E-state index in [0.717, 1.165) is 57.9 Å². The molecule has 7 aliphatic heterocycles. The van der Waals surface area contributed by atoms with Gasteiger partial charge in [0, 0.05) is 50.6 Å². The maximum Gasteiger partial charge on any atom is 0.343 e. The van der Waals surface area contributed by atoms with Gasteiger partial charge in [0.05, 0.1) is 30.2 Å². The largest absolute Gasteiger partial charge is 0.492 e. The lowest BCUT2D eigenvalue weighted by Gasteiger charge is -2.50. The molecule has 32 heavy (non-hydrogen) atoms. The molecule has 0 saturated carbocycles. The van der Waals surface area contributed by atoms with Crippen molar-refractivity contribution in [3.05, 3.63) is 22.9 Å². The van der Waals surface area contributed by atoms with Crippen molar-refractivity contribution in [2.24, 2.45) is 17.8 Å². The number of piperidine rings is 1. The van der Waals surface area contributed by atoms with Crippen molar-refractivity contribution in [3.8, 4) is 0 Å². The predicted octanol–water partition coefficient (Wildman–Crippen LogP) is 1.15. The third-order valence-electron chi connectivity index (χ3n) is 9.67. The Morgan fingerprint density at radius 2 is 1.97 bits per heavy atom. The molecular formula is C24H33N3O5. The fraction of sp³-hybridized carbons (Fsp3) is 0.792. The second-order valence-electron chi connectivity index (χ2n) is 10.9. The second-order valence-corrected chi connectivity index (χ2v) is 10.9. The van der Waals surface area contributed by atoms with E-state index in [1.54, 1.807) is 14.0 Å². The summed E-state index contributed by atoms with van der Waals surface area (Å²) in [6.45, 7) is 10.7. The summed E-state index contributed by atoms with van der Waals surface area (Å²) in [6, 6.07) is 0.459. The summed E-state index contributed by atoms with van der Waals surface area (Å²) < 4.78 is 25.0. The molecule has 0 aliphatic carbocycles. The number of methoxy groups -OCH3 is 1. The first-order valence-electron chi connectivity index (χ1n) is 12.2. The molecule has 6 saturated heterocycles. The van der Waals surface area contributed by atoms with Gasteiger partial charge in [-0.1, -0.05) is 6.92 Å². The molecule has 8 heteroatoms. The standard InChI is InChI=1S/C24H33N3O5/c1-13-18-15-11-17-23(12-26-9-7-25(3)8-10-26)16(5-6-27(15)23)24(18,31-17)32-20(13)21-19(29-4)14(2)22(28)30-21/h13,15-18H,5-12H2,1-4H3/b21-20-/t13-,15-,16-,17-,18+,23-,24+/m0/s1. The van der Waals surface area contributed by atoms with Crippen LogP contribution in [0.2, 0.25) is 0 Å². The van der Waals surface area contributed by atoms with Gasteiger partial charge in [0.25, 0.3) is 0 Å². The first-order valence-corrected chi connectivity index (χ1v) is 12.2. The molecule has 0 aromatic heterocycles. The zero-order valence-corrected chi connectivity index (χ0v) is 19.4. The summed E-state index contributed by atoms with van der Waals surface area (Å²) in [7, 11) is 3.80. The second kappa shape index (κ2) is 6.29. The number of nitrogens with zero attached hydrogens (tertiary/aromatic N) is 3. The number of allylic oxidation sites excluding steroid dienone is 1. The first-order chi connectivity index (χ1) is 15.4. The van der Waals surface area contributed by atoms with Crippen LogP contribution in [0.25, 0.3) is 0 Å². The quantitative estimate of drug-likeness (QED) is 0.602. The topological polar surface area (TPSA) is 63.7 Å². The molecular weight excluding hydrogens is 410 g/mol.